The topological polar surface area (TPSA) is 42.2 Å². The van der Waals surface area contributed by atoms with E-state index in [1.165, 1.54) is 12.1 Å². The molecule has 0 aliphatic carbocycles. The summed E-state index contributed by atoms with van der Waals surface area (Å²) in [7, 11) is 0. The number of anilines is 1. The molecule has 20 heavy (non-hydrogen) atoms. The molecule has 1 N–H and O–H groups in total. The van der Waals surface area contributed by atoms with Crippen molar-refractivity contribution in [1.29, 1.82) is 0 Å². The van der Waals surface area contributed by atoms with E-state index in [9.17, 15) is 18.0 Å². The van der Waals surface area contributed by atoms with Crippen LogP contribution in [0.1, 0.15) is 21.9 Å². The van der Waals surface area contributed by atoms with Gasteiger partial charge >= 0.3 is 6.18 Å². The molecule has 0 atom stereocenters. The van der Waals surface area contributed by atoms with Crippen molar-refractivity contribution in [2.24, 2.45) is 0 Å². The summed E-state index contributed by atoms with van der Waals surface area (Å²) in [5.74, 6) is -0.0817. The molecule has 0 saturated heterocycles. The Balaban J connectivity index is 2.24. The summed E-state index contributed by atoms with van der Waals surface area (Å²) in [6.07, 6.45) is -4.58. The Morgan fingerprint density at radius 1 is 1.25 bits per heavy atom. The molecule has 0 saturated carbocycles. The van der Waals surface area contributed by atoms with Crippen LogP contribution < -0.4 is 5.32 Å². The van der Waals surface area contributed by atoms with Gasteiger partial charge in [0.1, 0.15) is 5.76 Å². The highest BCUT2D eigenvalue weighted by atomic mass is 35.5. The molecule has 106 valence electrons. The minimum Gasteiger partial charge on any atom is -0.456 e. The first-order valence-corrected chi connectivity index (χ1v) is 5.89. The van der Waals surface area contributed by atoms with Crippen LogP contribution in [0.5, 0.6) is 0 Å². The standard InChI is InChI=1S/C13H9ClF3NO2/c1-7-2-5-11(20-7)12(19)18-8-3-4-10(14)9(6-8)13(15,16)17/h2-6H,1H3,(H,18,19). The van der Waals surface area contributed by atoms with E-state index < -0.39 is 22.7 Å². The largest absolute Gasteiger partial charge is 0.456 e. The lowest BCUT2D eigenvalue weighted by molar-refractivity contribution is -0.137. The number of rotatable bonds is 2. The molecule has 0 spiro atoms. The van der Waals surface area contributed by atoms with Gasteiger partial charge in [-0.1, -0.05) is 11.6 Å². The zero-order chi connectivity index (χ0) is 14.9. The monoisotopic (exact) mass is 303 g/mol. The molecule has 2 aromatic rings. The van der Waals surface area contributed by atoms with Crippen LogP contribution in [0.3, 0.4) is 0 Å². The van der Waals surface area contributed by atoms with E-state index in [4.69, 9.17) is 16.0 Å². The van der Waals surface area contributed by atoms with Crippen molar-refractivity contribution in [2.75, 3.05) is 5.32 Å². The second-order valence-electron chi connectivity index (χ2n) is 4.06. The van der Waals surface area contributed by atoms with Gasteiger partial charge in [-0.3, -0.25) is 4.79 Å². The van der Waals surface area contributed by atoms with E-state index in [1.54, 1.807) is 13.0 Å². The number of hydrogen-bond acceptors (Lipinski definition) is 2. The van der Waals surface area contributed by atoms with Crippen LogP contribution in [-0.4, -0.2) is 5.91 Å². The molecule has 3 nitrogen and oxygen atoms in total. The Morgan fingerprint density at radius 2 is 1.95 bits per heavy atom. The number of halogens is 4. The lowest BCUT2D eigenvalue weighted by atomic mass is 10.2. The van der Waals surface area contributed by atoms with Crippen LogP contribution in [0.4, 0.5) is 18.9 Å². The van der Waals surface area contributed by atoms with Crippen molar-refractivity contribution < 1.29 is 22.4 Å². The van der Waals surface area contributed by atoms with Crippen LogP contribution in [0.2, 0.25) is 5.02 Å². The second-order valence-corrected chi connectivity index (χ2v) is 4.46. The highest BCUT2D eigenvalue weighted by molar-refractivity contribution is 6.31. The number of carbonyl (C=O) groups is 1. The lowest BCUT2D eigenvalue weighted by Crippen LogP contribution is -2.12. The maximum atomic E-state index is 12.7. The molecule has 1 amide bonds. The van der Waals surface area contributed by atoms with Crippen molar-refractivity contribution in [2.45, 2.75) is 13.1 Å². The van der Waals surface area contributed by atoms with Crippen LogP contribution in [0.25, 0.3) is 0 Å². The molecule has 0 bridgehead atoms. The maximum absolute atomic E-state index is 12.7. The molecule has 0 aliphatic rings. The summed E-state index contributed by atoms with van der Waals surface area (Å²) in [5, 5.41) is 1.89. The van der Waals surface area contributed by atoms with Gasteiger partial charge in [0.2, 0.25) is 0 Å². The molecule has 0 aliphatic heterocycles. The van der Waals surface area contributed by atoms with Crippen LogP contribution in [-0.2, 0) is 6.18 Å². The van der Waals surface area contributed by atoms with Crippen LogP contribution in [0.15, 0.2) is 34.7 Å². The molecule has 7 heteroatoms. The predicted molar refractivity (Wildman–Crippen MR) is 67.9 cm³/mol. The zero-order valence-electron chi connectivity index (χ0n) is 10.2. The van der Waals surface area contributed by atoms with Crippen molar-refractivity contribution in [3.63, 3.8) is 0 Å². The highest BCUT2D eigenvalue weighted by Crippen LogP contribution is 2.36. The van der Waals surface area contributed by atoms with Crippen molar-refractivity contribution in [3.05, 3.63) is 52.4 Å². The number of amides is 1. The van der Waals surface area contributed by atoms with Crippen molar-refractivity contribution in [1.82, 2.24) is 0 Å². The second kappa shape index (κ2) is 5.20. The molecule has 1 heterocycles. The number of nitrogens with one attached hydrogen (secondary N) is 1. The quantitative estimate of drug-likeness (QED) is 0.886. The predicted octanol–water partition coefficient (Wildman–Crippen LogP) is 4.51. The third kappa shape index (κ3) is 3.14. The first-order chi connectivity index (χ1) is 9.27. The number of furan rings is 1. The van der Waals surface area contributed by atoms with Gasteiger partial charge in [0, 0.05) is 5.69 Å². The molecule has 1 aromatic heterocycles. The zero-order valence-corrected chi connectivity index (χ0v) is 11.0. The smallest absolute Gasteiger partial charge is 0.417 e. The Morgan fingerprint density at radius 3 is 2.50 bits per heavy atom. The number of alkyl halides is 3. The fraction of sp³-hybridized carbons (Fsp3) is 0.154. The van der Waals surface area contributed by atoms with Gasteiger partial charge in [-0.05, 0) is 37.3 Å². The van der Waals surface area contributed by atoms with Crippen LogP contribution in [0, 0.1) is 6.92 Å². The van der Waals surface area contributed by atoms with E-state index in [1.807, 2.05) is 0 Å². The third-order valence-corrected chi connectivity index (χ3v) is 2.82. The fourth-order valence-electron chi connectivity index (χ4n) is 1.57. The SMILES string of the molecule is Cc1ccc(C(=O)Nc2ccc(Cl)c(C(F)(F)F)c2)o1. The molecular formula is C13H9ClF3NO2. The lowest BCUT2D eigenvalue weighted by Gasteiger charge is -2.11. The van der Waals surface area contributed by atoms with Gasteiger partial charge < -0.3 is 9.73 Å². The summed E-state index contributed by atoms with van der Waals surface area (Å²) in [4.78, 5) is 11.8. The molecule has 0 radical (unpaired) electrons. The summed E-state index contributed by atoms with van der Waals surface area (Å²) in [6.45, 7) is 1.65. The highest BCUT2D eigenvalue weighted by Gasteiger charge is 2.33. The van der Waals surface area contributed by atoms with E-state index in [0.717, 1.165) is 12.1 Å². The number of hydrogen-bond donors (Lipinski definition) is 1. The van der Waals surface area contributed by atoms with E-state index >= 15 is 0 Å². The molecule has 1 aromatic carbocycles. The van der Waals surface area contributed by atoms with Crippen LogP contribution >= 0.6 is 11.6 Å². The number of carbonyl (C=O) groups excluding carboxylic acids is 1. The molecular weight excluding hydrogens is 295 g/mol. The average molecular weight is 304 g/mol. The number of aryl methyl sites for hydroxylation is 1. The van der Waals surface area contributed by atoms with Gasteiger partial charge in [-0.15, -0.1) is 0 Å². The number of benzene rings is 1. The average Bonchev–Trinajstić information content (AvgIpc) is 2.77. The van der Waals surface area contributed by atoms with Gasteiger partial charge in [0.15, 0.2) is 5.76 Å². The van der Waals surface area contributed by atoms with E-state index in [0.29, 0.717) is 5.76 Å². The van der Waals surface area contributed by atoms with E-state index in [2.05, 4.69) is 5.32 Å². The fourth-order valence-corrected chi connectivity index (χ4v) is 1.79. The molecule has 0 fully saturated rings. The van der Waals surface area contributed by atoms with Crippen molar-refractivity contribution in [3.8, 4) is 0 Å². The Hall–Kier alpha value is -1.95. The summed E-state index contributed by atoms with van der Waals surface area (Å²) >= 11 is 5.49. The third-order valence-electron chi connectivity index (χ3n) is 2.49. The van der Waals surface area contributed by atoms with E-state index in [-0.39, 0.29) is 11.4 Å². The minimum absolute atomic E-state index is 0.0132. The molecule has 0 unspecified atom stereocenters. The Labute approximate surface area is 117 Å². The van der Waals surface area contributed by atoms with Gasteiger partial charge in [-0.2, -0.15) is 13.2 Å². The van der Waals surface area contributed by atoms with Gasteiger partial charge in [0.05, 0.1) is 10.6 Å². The first kappa shape index (κ1) is 14.5. The van der Waals surface area contributed by atoms with Gasteiger partial charge in [-0.25, -0.2) is 0 Å². The summed E-state index contributed by atoms with van der Waals surface area (Å²) in [5.41, 5.74) is -1.02. The summed E-state index contributed by atoms with van der Waals surface area (Å²) < 4.78 is 43.1. The maximum Gasteiger partial charge on any atom is 0.417 e. The van der Waals surface area contributed by atoms with Crippen molar-refractivity contribution >= 4 is 23.2 Å². The Bertz CT molecular complexity index is 649. The first-order valence-electron chi connectivity index (χ1n) is 5.52. The Kier molecular flexibility index (Phi) is 3.76. The normalized spacial score (nSPS) is 11.4. The van der Waals surface area contributed by atoms with Gasteiger partial charge in [0.25, 0.3) is 5.91 Å². The summed E-state index contributed by atoms with van der Waals surface area (Å²) in [6, 6.07) is 6.15. The minimum atomic E-state index is -4.58. The molecule has 2 rings (SSSR count).